The van der Waals surface area contributed by atoms with Gasteiger partial charge >= 0.3 is 0 Å². The second-order valence-electron chi connectivity index (χ2n) is 3.52. The van der Waals surface area contributed by atoms with E-state index in [-0.39, 0.29) is 5.43 Å². The quantitative estimate of drug-likeness (QED) is 0.719. The highest BCUT2D eigenvalue weighted by molar-refractivity contribution is 4.94. The number of nitrogens with one attached hydrogen (secondary N) is 1. The molecule has 3 heteroatoms. The molecular formula is C10H14N2O. The van der Waals surface area contributed by atoms with Crippen molar-refractivity contribution in [1.29, 1.82) is 0 Å². The van der Waals surface area contributed by atoms with Crippen molar-refractivity contribution in [1.82, 2.24) is 9.88 Å². The summed E-state index contributed by atoms with van der Waals surface area (Å²) in [6, 6.07) is 3.80. The Kier molecular flexibility index (Phi) is 2.45. The standard InChI is InChI=1S/C10H14N2O/c13-10-3-6-12(7-4-10)8-9-2-1-5-11-9/h3-4,6-7,9,11H,1-2,5,8H2/t9-/m0/s1. The second-order valence-corrected chi connectivity index (χ2v) is 3.52. The molecule has 3 nitrogen and oxygen atoms in total. The van der Waals surface area contributed by atoms with Crippen LogP contribution >= 0.6 is 0 Å². The molecule has 0 aliphatic carbocycles. The van der Waals surface area contributed by atoms with E-state index in [1.807, 2.05) is 12.4 Å². The Morgan fingerprint density at radius 2 is 2.23 bits per heavy atom. The summed E-state index contributed by atoms with van der Waals surface area (Å²) in [5.74, 6) is 0. The van der Waals surface area contributed by atoms with Gasteiger partial charge in [0.15, 0.2) is 5.43 Å². The Labute approximate surface area is 77.4 Å². The summed E-state index contributed by atoms with van der Waals surface area (Å²) in [5, 5.41) is 3.42. The van der Waals surface area contributed by atoms with E-state index in [2.05, 4.69) is 9.88 Å². The minimum absolute atomic E-state index is 0.0793. The molecule has 1 aliphatic heterocycles. The number of pyridine rings is 1. The molecule has 1 atom stereocenters. The fourth-order valence-electron chi connectivity index (χ4n) is 1.73. The van der Waals surface area contributed by atoms with Crippen LogP contribution in [0.3, 0.4) is 0 Å². The number of hydrogen-bond acceptors (Lipinski definition) is 2. The van der Waals surface area contributed by atoms with Crippen molar-refractivity contribution >= 4 is 0 Å². The highest BCUT2D eigenvalue weighted by Crippen LogP contribution is 2.06. The lowest BCUT2D eigenvalue weighted by Gasteiger charge is -2.12. The van der Waals surface area contributed by atoms with Gasteiger partial charge in [-0.2, -0.15) is 0 Å². The van der Waals surface area contributed by atoms with E-state index >= 15 is 0 Å². The zero-order valence-electron chi connectivity index (χ0n) is 7.57. The van der Waals surface area contributed by atoms with Gasteiger partial charge in [-0.1, -0.05) is 0 Å². The summed E-state index contributed by atoms with van der Waals surface area (Å²) in [5.41, 5.74) is 0.0793. The molecule has 1 N–H and O–H groups in total. The third-order valence-electron chi connectivity index (χ3n) is 2.45. The Balaban J connectivity index is 2.00. The average molecular weight is 178 g/mol. The molecule has 70 valence electrons. The Bertz CT molecular complexity index is 305. The van der Waals surface area contributed by atoms with Crippen molar-refractivity contribution in [2.75, 3.05) is 6.54 Å². The van der Waals surface area contributed by atoms with Gasteiger partial charge in [-0.3, -0.25) is 4.79 Å². The van der Waals surface area contributed by atoms with Crippen LogP contribution in [0.2, 0.25) is 0 Å². The van der Waals surface area contributed by atoms with E-state index < -0.39 is 0 Å². The first-order valence-corrected chi connectivity index (χ1v) is 4.74. The molecule has 2 rings (SSSR count). The molecular weight excluding hydrogens is 164 g/mol. The number of aromatic nitrogens is 1. The van der Waals surface area contributed by atoms with E-state index in [1.54, 1.807) is 12.1 Å². The molecule has 1 aromatic heterocycles. The van der Waals surface area contributed by atoms with E-state index in [0.717, 1.165) is 13.1 Å². The van der Waals surface area contributed by atoms with Gasteiger partial charge in [-0.05, 0) is 19.4 Å². The van der Waals surface area contributed by atoms with Gasteiger partial charge < -0.3 is 9.88 Å². The SMILES string of the molecule is O=c1ccn(C[C@@H]2CCCN2)cc1. The van der Waals surface area contributed by atoms with Crippen molar-refractivity contribution < 1.29 is 0 Å². The molecule has 0 amide bonds. The summed E-state index contributed by atoms with van der Waals surface area (Å²) in [6.07, 6.45) is 6.21. The van der Waals surface area contributed by atoms with Crippen LogP contribution in [-0.2, 0) is 6.54 Å². The predicted molar refractivity (Wildman–Crippen MR) is 51.7 cm³/mol. The first-order valence-electron chi connectivity index (χ1n) is 4.74. The summed E-state index contributed by atoms with van der Waals surface area (Å²) < 4.78 is 2.06. The average Bonchev–Trinajstić information content (AvgIpc) is 2.62. The number of rotatable bonds is 2. The third-order valence-corrected chi connectivity index (χ3v) is 2.45. The summed E-state index contributed by atoms with van der Waals surface area (Å²) in [6.45, 7) is 2.10. The highest BCUT2D eigenvalue weighted by atomic mass is 16.1. The summed E-state index contributed by atoms with van der Waals surface area (Å²) >= 11 is 0. The maximum atomic E-state index is 10.8. The van der Waals surface area contributed by atoms with E-state index in [0.29, 0.717) is 6.04 Å². The Morgan fingerprint density at radius 1 is 1.46 bits per heavy atom. The van der Waals surface area contributed by atoms with E-state index in [9.17, 15) is 4.79 Å². The molecule has 0 saturated carbocycles. The van der Waals surface area contributed by atoms with Crippen LogP contribution in [0.1, 0.15) is 12.8 Å². The van der Waals surface area contributed by atoms with Crippen molar-refractivity contribution in [2.45, 2.75) is 25.4 Å². The Morgan fingerprint density at radius 3 is 2.85 bits per heavy atom. The molecule has 1 fully saturated rings. The second kappa shape index (κ2) is 3.75. The maximum Gasteiger partial charge on any atom is 0.181 e. The van der Waals surface area contributed by atoms with Crippen molar-refractivity contribution in [3.63, 3.8) is 0 Å². The van der Waals surface area contributed by atoms with Gasteiger partial charge in [-0.25, -0.2) is 0 Å². The topological polar surface area (TPSA) is 34.0 Å². The van der Waals surface area contributed by atoms with Crippen molar-refractivity contribution in [2.24, 2.45) is 0 Å². The molecule has 13 heavy (non-hydrogen) atoms. The lowest BCUT2D eigenvalue weighted by molar-refractivity contribution is 0.507. The zero-order chi connectivity index (χ0) is 9.10. The molecule has 1 aromatic rings. The van der Waals surface area contributed by atoms with E-state index in [1.165, 1.54) is 12.8 Å². The molecule has 0 unspecified atom stereocenters. The first kappa shape index (κ1) is 8.51. The van der Waals surface area contributed by atoms with Gasteiger partial charge in [0.05, 0.1) is 0 Å². The van der Waals surface area contributed by atoms with Gasteiger partial charge in [0, 0.05) is 37.1 Å². The van der Waals surface area contributed by atoms with Crippen LogP contribution in [0.4, 0.5) is 0 Å². The molecule has 0 aromatic carbocycles. The predicted octanol–water partition coefficient (Wildman–Crippen LogP) is 0.600. The van der Waals surface area contributed by atoms with Crippen LogP contribution in [0.15, 0.2) is 29.3 Å². The van der Waals surface area contributed by atoms with E-state index in [4.69, 9.17) is 0 Å². The highest BCUT2D eigenvalue weighted by Gasteiger charge is 2.13. The minimum Gasteiger partial charge on any atom is -0.352 e. The lowest BCUT2D eigenvalue weighted by Crippen LogP contribution is -2.26. The van der Waals surface area contributed by atoms with Gasteiger partial charge in [0.1, 0.15) is 0 Å². The molecule has 1 saturated heterocycles. The monoisotopic (exact) mass is 178 g/mol. The van der Waals surface area contributed by atoms with Crippen LogP contribution < -0.4 is 10.7 Å². The smallest absolute Gasteiger partial charge is 0.181 e. The summed E-state index contributed by atoms with van der Waals surface area (Å²) in [7, 11) is 0. The Hall–Kier alpha value is -1.09. The number of nitrogens with zero attached hydrogens (tertiary/aromatic N) is 1. The molecule has 1 aliphatic rings. The third kappa shape index (κ3) is 2.18. The van der Waals surface area contributed by atoms with Crippen LogP contribution in [0, 0.1) is 0 Å². The van der Waals surface area contributed by atoms with Crippen molar-refractivity contribution in [3.05, 3.63) is 34.7 Å². The molecule has 2 heterocycles. The first-order chi connectivity index (χ1) is 6.34. The van der Waals surface area contributed by atoms with Crippen LogP contribution in [0.25, 0.3) is 0 Å². The fraction of sp³-hybridized carbons (Fsp3) is 0.500. The van der Waals surface area contributed by atoms with Crippen LogP contribution in [0.5, 0.6) is 0 Å². The fourth-order valence-corrected chi connectivity index (χ4v) is 1.73. The lowest BCUT2D eigenvalue weighted by atomic mass is 10.2. The molecule has 0 radical (unpaired) electrons. The molecule has 0 bridgehead atoms. The van der Waals surface area contributed by atoms with Crippen LogP contribution in [-0.4, -0.2) is 17.2 Å². The van der Waals surface area contributed by atoms with Crippen molar-refractivity contribution in [3.8, 4) is 0 Å². The van der Waals surface area contributed by atoms with Gasteiger partial charge in [0.2, 0.25) is 0 Å². The summed E-state index contributed by atoms with van der Waals surface area (Å²) in [4.78, 5) is 10.8. The molecule has 0 spiro atoms. The largest absolute Gasteiger partial charge is 0.352 e. The van der Waals surface area contributed by atoms with Gasteiger partial charge in [-0.15, -0.1) is 0 Å². The normalized spacial score (nSPS) is 22.0. The maximum absolute atomic E-state index is 10.8. The minimum atomic E-state index is 0.0793. The zero-order valence-corrected chi connectivity index (χ0v) is 7.57. The van der Waals surface area contributed by atoms with Gasteiger partial charge in [0.25, 0.3) is 0 Å². The number of hydrogen-bond donors (Lipinski definition) is 1.